The number of anilines is 1. The molecule has 2 aromatic rings. The monoisotopic (exact) mass is 462 g/mol. The molecule has 1 aliphatic heterocycles. The van der Waals surface area contributed by atoms with Crippen molar-refractivity contribution in [2.75, 3.05) is 25.5 Å². The Balaban J connectivity index is 1.71. The summed E-state index contributed by atoms with van der Waals surface area (Å²) in [5, 5.41) is 12.6. The molecule has 7 nitrogen and oxygen atoms in total. The van der Waals surface area contributed by atoms with E-state index in [9.17, 15) is 14.9 Å². The second-order valence-corrected chi connectivity index (χ2v) is 9.23. The number of carbonyl (C=O) groups is 2. The van der Waals surface area contributed by atoms with Gasteiger partial charge in [-0.2, -0.15) is 5.26 Å². The first-order chi connectivity index (χ1) is 16.1. The van der Waals surface area contributed by atoms with Gasteiger partial charge in [-0.25, -0.2) is 0 Å². The molecule has 0 bridgehead atoms. The topological polar surface area (TPSA) is 87.4 Å². The molecule has 1 aliphatic rings. The Morgan fingerprint density at radius 2 is 1.88 bits per heavy atom. The van der Waals surface area contributed by atoms with E-state index in [0.29, 0.717) is 0 Å². The molecule has 1 saturated heterocycles. The highest BCUT2D eigenvalue weighted by molar-refractivity contribution is 6.04. The Morgan fingerprint density at radius 3 is 2.47 bits per heavy atom. The number of hydrogen-bond acceptors (Lipinski definition) is 4. The van der Waals surface area contributed by atoms with Crippen LogP contribution in [0, 0.1) is 45.9 Å². The third-order valence-corrected chi connectivity index (χ3v) is 6.34. The summed E-state index contributed by atoms with van der Waals surface area (Å²) in [7, 11) is 1.53. The van der Waals surface area contributed by atoms with Gasteiger partial charge in [-0.1, -0.05) is 17.7 Å². The summed E-state index contributed by atoms with van der Waals surface area (Å²) < 4.78 is 7.93. The van der Waals surface area contributed by atoms with Crippen LogP contribution in [0.3, 0.4) is 0 Å². The zero-order chi connectivity index (χ0) is 25.0. The number of nitrogens with one attached hydrogen (secondary N) is 1. The van der Waals surface area contributed by atoms with Crippen LogP contribution in [-0.4, -0.2) is 47.6 Å². The molecule has 2 amide bonds. The van der Waals surface area contributed by atoms with Crippen LogP contribution in [0.5, 0.6) is 0 Å². The number of nitrogens with zero attached hydrogens (tertiary/aromatic N) is 3. The maximum absolute atomic E-state index is 13.0. The third kappa shape index (κ3) is 5.75. The van der Waals surface area contributed by atoms with Crippen LogP contribution in [0.4, 0.5) is 5.69 Å². The Labute approximate surface area is 202 Å². The number of ether oxygens (including phenoxy) is 1. The number of nitriles is 1. The number of hydrogen-bond donors (Lipinski definition) is 1. The number of aromatic nitrogens is 1. The largest absolute Gasteiger partial charge is 0.376 e. The van der Waals surface area contributed by atoms with Gasteiger partial charge in [0, 0.05) is 37.3 Å². The van der Waals surface area contributed by atoms with Crippen molar-refractivity contribution in [2.45, 2.75) is 60.1 Å². The Bertz CT molecular complexity index is 1140. The molecule has 0 spiro atoms. The molecule has 3 rings (SSSR count). The van der Waals surface area contributed by atoms with Crippen LogP contribution in [0.15, 0.2) is 23.8 Å². The molecule has 1 aromatic heterocycles. The first kappa shape index (κ1) is 25.3. The van der Waals surface area contributed by atoms with E-state index in [1.807, 2.05) is 58.9 Å². The van der Waals surface area contributed by atoms with E-state index in [0.717, 1.165) is 65.3 Å². The second-order valence-electron chi connectivity index (χ2n) is 9.23. The Kier molecular flexibility index (Phi) is 7.95. The predicted molar refractivity (Wildman–Crippen MR) is 133 cm³/mol. The van der Waals surface area contributed by atoms with Crippen LogP contribution >= 0.6 is 0 Å². The van der Waals surface area contributed by atoms with Gasteiger partial charge in [0.2, 0.25) is 5.91 Å². The average molecular weight is 463 g/mol. The van der Waals surface area contributed by atoms with E-state index in [4.69, 9.17) is 4.74 Å². The minimum absolute atomic E-state index is 0.00429. The minimum Gasteiger partial charge on any atom is -0.376 e. The molecular weight excluding hydrogens is 428 g/mol. The molecule has 34 heavy (non-hydrogen) atoms. The van der Waals surface area contributed by atoms with Crippen molar-refractivity contribution in [1.29, 1.82) is 5.26 Å². The van der Waals surface area contributed by atoms with Gasteiger partial charge in [0.05, 0.1) is 12.6 Å². The molecule has 1 unspecified atom stereocenters. The van der Waals surface area contributed by atoms with Crippen LogP contribution in [0.1, 0.15) is 46.5 Å². The zero-order valence-electron chi connectivity index (χ0n) is 21.0. The van der Waals surface area contributed by atoms with E-state index < -0.39 is 5.91 Å². The van der Waals surface area contributed by atoms with Crippen LogP contribution in [0.25, 0.3) is 6.08 Å². The van der Waals surface area contributed by atoms with E-state index in [2.05, 4.69) is 9.88 Å². The third-order valence-electron chi connectivity index (χ3n) is 6.34. The van der Waals surface area contributed by atoms with Crippen molar-refractivity contribution in [1.82, 2.24) is 9.47 Å². The van der Waals surface area contributed by atoms with Gasteiger partial charge in [-0.15, -0.1) is 0 Å². The summed E-state index contributed by atoms with van der Waals surface area (Å²) in [5.41, 5.74) is 6.68. The fourth-order valence-electron chi connectivity index (χ4n) is 4.59. The summed E-state index contributed by atoms with van der Waals surface area (Å²) in [5.74, 6) is -0.795. The van der Waals surface area contributed by atoms with Gasteiger partial charge in [0.1, 0.15) is 11.6 Å². The van der Waals surface area contributed by atoms with Crippen molar-refractivity contribution in [3.63, 3.8) is 0 Å². The van der Waals surface area contributed by atoms with Crippen molar-refractivity contribution < 1.29 is 14.3 Å². The molecule has 2 heterocycles. The van der Waals surface area contributed by atoms with Crippen LogP contribution < -0.4 is 5.32 Å². The van der Waals surface area contributed by atoms with Gasteiger partial charge in [-0.3, -0.25) is 9.59 Å². The summed E-state index contributed by atoms with van der Waals surface area (Å²) in [6, 6.07) is 8.00. The molecule has 1 aromatic carbocycles. The highest BCUT2D eigenvalue weighted by Gasteiger charge is 2.21. The Hall–Kier alpha value is -3.37. The maximum atomic E-state index is 13.0. The summed E-state index contributed by atoms with van der Waals surface area (Å²) in [6.07, 6.45) is 3.93. The summed E-state index contributed by atoms with van der Waals surface area (Å²) in [4.78, 5) is 26.9. The second kappa shape index (κ2) is 10.7. The number of rotatable bonds is 7. The molecular formula is C27H34N4O3. The lowest BCUT2D eigenvalue weighted by Gasteiger charge is -2.18. The quantitative estimate of drug-likeness (QED) is 0.493. The molecule has 1 N–H and O–H groups in total. The predicted octanol–water partition coefficient (Wildman–Crippen LogP) is 4.21. The smallest absolute Gasteiger partial charge is 0.264 e. The standard InChI is InChI=1S/C27H34N4O3/c1-17-10-18(2)26(19(3)11-17)29-25(32)16-30(6)27(33)23(14-28)13-22-12-20(4)31(21(22)5)15-24-8-7-9-34-24/h10-13,24H,7-9,15-16H2,1-6H3,(H,29,32)/b23-13+. The SMILES string of the molecule is Cc1cc(C)c(NC(=O)CN(C)C(=O)/C(C#N)=C/c2cc(C)n(CC3CCCO3)c2C)c(C)c1. The molecule has 7 heteroatoms. The van der Waals surface area contributed by atoms with E-state index in [1.54, 1.807) is 6.08 Å². The highest BCUT2D eigenvalue weighted by Crippen LogP contribution is 2.23. The van der Waals surface area contributed by atoms with Crippen molar-refractivity contribution in [2.24, 2.45) is 0 Å². The summed E-state index contributed by atoms with van der Waals surface area (Å²) in [6.45, 7) is 11.3. The summed E-state index contributed by atoms with van der Waals surface area (Å²) >= 11 is 0. The number of likely N-dealkylation sites (N-methyl/N-ethyl adjacent to an activating group) is 1. The first-order valence-corrected chi connectivity index (χ1v) is 11.6. The number of benzene rings is 1. The van der Waals surface area contributed by atoms with Crippen molar-refractivity contribution in [3.05, 3.63) is 57.4 Å². The average Bonchev–Trinajstić information content (AvgIpc) is 3.38. The molecule has 0 radical (unpaired) electrons. The van der Waals surface area contributed by atoms with Gasteiger partial charge >= 0.3 is 0 Å². The fraction of sp³-hybridized carbons (Fsp3) is 0.444. The highest BCUT2D eigenvalue weighted by atomic mass is 16.5. The lowest BCUT2D eigenvalue weighted by atomic mass is 10.1. The van der Waals surface area contributed by atoms with Crippen LogP contribution in [0.2, 0.25) is 0 Å². The number of carbonyl (C=O) groups excluding carboxylic acids is 2. The van der Waals surface area contributed by atoms with E-state index in [-0.39, 0.29) is 24.1 Å². The molecule has 0 aliphatic carbocycles. The number of amides is 2. The van der Waals surface area contributed by atoms with Crippen molar-refractivity contribution >= 4 is 23.6 Å². The lowest BCUT2D eigenvalue weighted by molar-refractivity contribution is -0.129. The van der Waals surface area contributed by atoms with Crippen LogP contribution in [-0.2, 0) is 20.9 Å². The fourth-order valence-corrected chi connectivity index (χ4v) is 4.59. The molecule has 0 saturated carbocycles. The normalized spacial score (nSPS) is 15.8. The van der Waals surface area contributed by atoms with Gasteiger partial charge in [0.25, 0.3) is 5.91 Å². The van der Waals surface area contributed by atoms with E-state index >= 15 is 0 Å². The zero-order valence-corrected chi connectivity index (χ0v) is 21.0. The Morgan fingerprint density at radius 1 is 1.21 bits per heavy atom. The van der Waals surface area contributed by atoms with Gasteiger partial charge in [-0.05, 0) is 76.3 Å². The van der Waals surface area contributed by atoms with Crippen molar-refractivity contribution in [3.8, 4) is 6.07 Å². The lowest BCUT2D eigenvalue weighted by Crippen LogP contribution is -2.35. The van der Waals surface area contributed by atoms with Gasteiger partial charge < -0.3 is 19.5 Å². The van der Waals surface area contributed by atoms with E-state index in [1.165, 1.54) is 11.9 Å². The molecule has 180 valence electrons. The number of aryl methyl sites for hydroxylation is 4. The maximum Gasteiger partial charge on any atom is 0.264 e. The van der Waals surface area contributed by atoms with Gasteiger partial charge in [0.15, 0.2) is 0 Å². The minimum atomic E-state index is -0.487. The molecule has 1 atom stereocenters. The molecule has 1 fully saturated rings. The first-order valence-electron chi connectivity index (χ1n) is 11.6.